The fourth-order valence-corrected chi connectivity index (χ4v) is 2.71. The highest BCUT2D eigenvalue weighted by Gasteiger charge is 2.79. The molecule has 0 aromatic carbocycles. The third-order valence-electron chi connectivity index (χ3n) is 2.41. The minimum atomic E-state index is -3.00. The maximum absolute atomic E-state index is 10.8. The molecule has 0 aromatic heterocycles. The van der Waals surface area contributed by atoms with Gasteiger partial charge in [0.1, 0.15) is 0 Å². The van der Waals surface area contributed by atoms with Crippen molar-refractivity contribution in [2.75, 3.05) is 0 Å². The molecule has 3 aliphatic heterocycles. The maximum Gasteiger partial charge on any atom is 0.488 e. The van der Waals surface area contributed by atoms with Crippen LogP contribution in [0.4, 0.5) is 0 Å². The Balaban J connectivity index is 2.15. The topological polar surface area (TPSA) is 44.8 Å². The monoisotopic (exact) mass is 178 g/mol. The van der Waals surface area contributed by atoms with Crippen molar-refractivity contribution in [1.82, 2.24) is 0 Å². The number of hydrogen-bond donors (Lipinski definition) is 0. The normalized spacial score (nSPS) is 47.9. The third kappa shape index (κ3) is 0.733. The average molecular weight is 178 g/mol. The summed E-state index contributed by atoms with van der Waals surface area (Å²) in [7, 11) is -3.00. The molecule has 0 saturated carbocycles. The minimum absolute atomic E-state index is 0.223. The fourth-order valence-electron chi connectivity index (χ4n) is 1.05. The first-order chi connectivity index (χ1) is 4.93. The number of phosphoric acid groups is 1. The quantitative estimate of drug-likeness (QED) is 0.608. The maximum atomic E-state index is 10.8. The molecule has 3 saturated heterocycles. The Morgan fingerprint density at radius 1 is 1.36 bits per heavy atom. The molecule has 3 aliphatic rings. The fraction of sp³-hybridized carbons (Fsp3) is 1.00. The van der Waals surface area contributed by atoms with E-state index in [-0.39, 0.29) is 5.41 Å². The first kappa shape index (κ1) is 7.74. The minimum Gasteiger partial charge on any atom is -0.227 e. The first-order valence-corrected chi connectivity index (χ1v) is 5.11. The summed E-state index contributed by atoms with van der Waals surface area (Å²) in [6.07, 6.45) is 0.854. The van der Waals surface area contributed by atoms with Gasteiger partial charge < -0.3 is 0 Å². The second-order valence-corrected chi connectivity index (χ2v) is 4.96. The van der Waals surface area contributed by atoms with E-state index in [0.29, 0.717) is 0 Å². The van der Waals surface area contributed by atoms with Crippen LogP contribution >= 0.6 is 7.82 Å². The highest BCUT2D eigenvalue weighted by Crippen LogP contribution is 2.84. The second kappa shape index (κ2) is 1.72. The van der Waals surface area contributed by atoms with Gasteiger partial charge in [-0.15, -0.1) is 0 Å². The molecule has 64 valence electrons. The van der Waals surface area contributed by atoms with Gasteiger partial charge in [-0.2, -0.15) is 0 Å². The van der Waals surface area contributed by atoms with E-state index in [0.717, 1.165) is 6.42 Å². The zero-order valence-corrected chi connectivity index (χ0v) is 7.68. The van der Waals surface area contributed by atoms with Gasteiger partial charge in [-0.1, -0.05) is 20.8 Å². The molecule has 0 aliphatic carbocycles. The SMILES string of the molecule is CCC(C)(C)C12OP(=O)(O1)O2. The largest absolute Gasteiger partial charge is 0.488 e. The van der Waals surface area contributed by atoms with Crippen molar-refractivity contribution in [3.05, 3.63) is 0 Å². The Hall–Kier alpha value is 0.110. The highest BCUT2D eigenvalue weighted by molar-refractivity contribution is 7.51. The Labute approximate surface area is 65.4 Å². The van der Waals surface area contributed by atoms with Crippen molar-refractivity contribution in [3.8, 4) is 0 Å². The number of hydrogen-bond acceptors (Lipinski definition) is 4. The van der Waals surface area contributed by atoms with E-state index < -0.39 is 13.8 Å². The Morgan fingerprint density at radius 2 is 1.82 bits per heavy atom. The zero-order valence-electron chi connectivity index (χ0n) is 6.79. The van der Waals surface area contributed by atoms with Crippen LogP contribution in [0.15, 0.2) is 0 Å². The molecule has 3 heterocycles. The van der Waals surface area contributed by atoms with E-state index in [1.165, 1.54) is 0 Å². The van der Waals surface area contributed by atoms with Crippen LogP contribution < -0.4 is 0 Å². The summed E-state index contributed by atoms with van der Waals surface area (Å²) in [6, 6.07) is 0. The molecule has 0 aromatic rings. The van der Waals surface area contributed by atoms with Gasteiger partial charge in [-0.05, 0) is 6.42 Å². The smallest absolute Gasteiger partial charge is 0.227 e. The molecule has 2 bridgehead atoms. The Bertz CT molecular complexity index is 220. The van der Waals surface area contributed by atoms with Gasteiger partial charge in [0.25, 0.3) is 0 Å². The molecule has 5 heteroatoms. The van der Waals surface area contributed by atoms with Crippen molar-refractivity contribution in [2.45, 2.75) is 33.2 Å². The summed E-state index contributed by atoms with van der Waals surface area (Å²) >= 11 is 0. The van der Waals surface area contributed by atoms with E-state index in [9.17, 15) is 4.57 Å². The third-order valence-corrected chi connectivity index (χ3v) is 3.80. The van der Waals surface area contributed by atoms with E-state index in [1.54, 1.807) is 0 Å². The van der Waals surface area contributed by atoms with Gasteiger partial charge >= 0.3 is 13.8 Å². The predicted octanol–water partition coefficient (Wildman–Crippen LogP) is 2.26. The zero-order chi connectivity index (χ0) is 8.33. The summed E-state index contributed by atoms with van der Waals surface area (Å²) in [6.45, 7) is 5.91. The van der Waals surface area contributed by atoms with Gasteiger partial charge in [0, 0.05) is 5.41 Å². The van der Waals surface area contributed by atoms with Crippen LogP contribution in [0.1, 0.15) is 27.2 Å². The van der Waals surface area contributed by atoms with Gasteiger partial charge in [-0.25, -0.2) is 18.1 Å². The van der Waals surface area contributed by atoms with Crippen molar-refractivity contribution in [2.24, 2.45) is 5.41 Å². The molecule has 3 rings (SSSR count). The summed E-state index contributed by atoms with van der Waals surface area (Å²) in [4.78, 5) is 0. The summed E-state index contributed by atoms with van der Waals surface area (Å²) in [5.41, 5.74) is -0.223. The van der Waals surface area contributed by atoms with Crippen LogP contribution in [0.5, 0.6) is 0 Å². The molecule has 3 fully saturated rings. The van der Waals surface area contributed by atoms with Gasteiger partial charge in [-0.3, -0.25) is 0 Å². The van der Waals surface area contributed by atoms with Crippen LogP contribution in [0.25, 0.3) is 0 Å². The summed E-state index contributed by atoms with van der Waals surface area (Å²) < 4.78 is 25.7. The molecule has 0 amide bonds. The van der Waals surface area contributed by atoms with Crippen LogP contribution in [0, 0.1) is 5.41 Å². The van der Waals surface area contributed by atoms with Crippen molar-refractivity contribution < 1.29 is 18.1 Å². The first-order valence-electron chi connectivity index (χ1n) is 3.65. The van der Waals surface area contributed by atoms with Crippen molar-refractivity contribution >= 4 is 7.82 Å². The molecule has 0 spiro atoms. The molecule has 0 unspecified atom stereocenters. The Kier molecular flexibility index (Phi) is 1.21. The van der Waals surface area contributed by atoms with Gasteiger partial charge in [0.05, 0.1) is 0 Å². The molecule has 0 atom stereocenters. The molecular formula is C6H11O4P. The van der Waals surface area contributed by atoms with Crippen molar-refractivity contribution in [1.29, 1.82) is 0 Å². The van der Waals surface area contributed by atoms with Crippen molar-refractivity contribution in [3.63, 3.8) is 0 Å². The van der Waals surface area contributed by atoms with Gasteiger partial charge in [0.2, 0.25) is 0 Å². The standard InChI is InChI=1S/C6H11O4P/c1-4-5(2,3)6-8-11(7,9-6)10-6/h4H2,1-3H3. The van der Waals surface area contributed by atoms with E-state index in [1.807, 2.05) is 20.8 Å². The lowest BCUT2D eigenvalue weighted by Gasteiger charge is -2.61. The lowest BCUT2D eigenvalue weighted by atomic mass is 9.87. The molecule has 4 nitrogen and oxygen atoms in total. The lowest BCUT2D eigenvalue weighted by Crippen LogP contribution is -2.65. The predicted molar refractivity (Wildman–Crippen MR) is 37.7 cm³/mol. The second-order valence-electron chi connectivity index (χ2n) is 3.51. The molecule has 0 N–H and O–H groups in total. The van der Waals surface area contributed by atoms with E-state index in [4.69, 9.17) is 13.6 Å². The van der Waals surface area contributed by atoms with E-state index >= 15 is 0 Å². The van der Waals surface area contributed by atoms with Crippen LogP contribution in [0.3, 0.4) is 0 Å². The number of rotatable bonds is 2. The summed E-state index contributed by atoms with van der Waals surface area (Å²) in [5.74, 6) is -0.989. The van der Waals surface area contributed by atoms with Crippen LogP contribution in [-0.4, -0.2) is 5.97 Å². The summed E-state index contributed by atoms with van der Waals surface area (Å²) in [5, 5.41) is 0. The number of phosphoric ester groups is 1. The van der Waals surface area contributed by atoms with Crippen LogP contribution in [0.2, 0.25) is 0 Å². The average Bonchev–Trinajstić information content (AvgIpc) is 1.79. The molecule has 0 radical (unpaired) electrons. The molecule has 11 heavy (non-hydrogen) atoms. The Morgan fingerprint density at radius 3 is 2.09 bits per heavy atom. The van der Waals surface area contributed by atoms with Gasteiger partial charge in [0.15, 0.2) is 0 Å². The highest BCUT2D eigenvalue weighted by atomic mass is 31.2. The molecular weight excluding hydrogens is 167 g/mol. The van der Waals surface area contributed by atoms with E-state index in [2.05, 4.69) is 0 Å². The lowest BCUT2D eigenvalue weighted by molar-refractivity contribution is -0.470. The van der Waals surface area contributed by atoms with Crippen LogP contribution in [-0.2, 0) is 18.1 Å².